The molecule has 0 aliphatic carbocycles. The van der Waals surface area contributed by atoms with Crippen molar-refractivity contribution in [3.63, 3.8) is 0 Å². The van der Waals surface area contributed by atoms with Gasteiger partial charge in [-0.05, 0) is 38.5 Å². The van der Waals surface area contributed by atoms with E-state index in [0.717, 1.165) is 70.6 Å². The van der Waals surface area contributed by atoms with Gasteiger partial charge in [0.05, 0.1) is 13.2 Å². The van der Waals surface area contributed by atoms with Crippen LogP contribution in [0.2, 0.25) is 0 Å². The van der Waals surface area contributed by atoms with E-state index in [1.165, 1.54) is 0 Å². The van der Waals surface area contributed by atoms with Gasteiger partial charge < -0.3 is 57.8 Å². The number of ether oxygens (including phenoxy) is 10. The fourth-order valence-electron chi connectivity index (χ4n) is 6.09. The Hall–Kier alpha value is -0.260. The molecule has 0 radical (unpaired) electrons. The number of hydrogen-bond acceptors (Lipinski definition) is 12. The molecular formula is C39H72Cl3NO12. The van der Waals surface area contributed by atoms with Crippen molar-refractivity contribution in [1.29, 1.82) is 0 Å². The maximum atomic E-state index is 13.0. The van der Waals surface area contributed by atoms with Crippen molar-refractivity contribution < 1.29 is 57.3 Å². The molecule has 6 unspecified atom stereocenters. The van der Waals surface area contributed by atoms with Gasteiger partial charge >= 0.3 is 6.09 Å². The average molecular weight is 853 g/mol. The highest BCUT2D eigenvalue weighted by Gasteiger charge is 2.54. The molecule has 2 aliphatic rings. The maximum absolute atomic E-state index is 13.0. The van der Waals surface area contributed by atoms with Gasteiger partial charge in [-0.2, -0.15) is 0 Å². The van der Waals surface area contributed by atoms with Gasteiger partial charge in [0.2, 0.25) is 3.79 Å². The van der Waals surface area contributed by atoms with Crippen LogP contribution < -0.4 is 5.32 Å². The number of nitrogens with one attached hydrogen (secondary N) is 1. The molecule has 0 bridgehead atoms. The summed E-state index contributed by atoms with van der Waals surface area (Å²) in [6.07, 6.45) is 2.12. The maximum Gasteiger partial charge on any atom is 0.407 e. The molecule has 0 saturated carbocycles. The van der Waals surface area contributed by atoms with Crippen LogP contribution in [0, 0.1) is 0 Å². The molecular weight excluding hydrogens is 781 g/mol. The molecule has 55 heavy (non-hydrogen) atoms. The fourth-order valence-corrected chi connectivity index (χ4v) is 6.25. The molecule has 0 aromatic heterocycles. The Bertz CT molecular complexity index is 970. The van der Waals surface area contributed by atoms with E-state index in [2.05, 4.69) is 39.9 Å². The zero-order valence-corrected chi connectivity index (χ0v) is 36.5. The SMILES string of the molecule is CCCCOCC1O[C@@H](O[C@@H]2C(COCCCC)OC(O)C(NC(=O)OCC(Cl)(Cl)Cl)[C@H]2OCCCC)C(OCCCC)C(OCCCC)[C@H]1OCCCC. The molecule has 2 N–H and O–H groups in total. The third kappa shape index (κ3) is 19.6. The summed E-state index contributed by atoms with van der Waals surface area (Å²) in [4.78, 5) is 13.0. The Morgan fingerprint density at radius 1 is 0.600 bits per heavy atom. The van der Waals surface area contributed by atoms with E-state index in [9.17, 15) is 9.90 Å². The molecule has 2 rings (SSSR count). The smallest absolute Gasteiger partial charge is 0.407 e. The highest BCUT2D eigenvalue weighted by atomic mass is 35.6. The van der Waals surface area contributed by atoms with E-state index in [0.29, 0.717) is 46.1 Å². The van der Waals surface area contributed by atoms with Crippen molar-refractivity contribution in [1.82, 2.24) is 5.32 Å². The molecule has 2 heterocycles. The van der Waals surface area contributed by atoms with E-state index >= 15 is 0 Å². The first-order valence-electron chi connectivity index (χ1n) is 20.8. The van der Waals surface area contributed by atoms with E-state index in [4.69, 9.17) is 82.2 Å². The third-order valence-corrected chi connectivity index (χ3v) is 9.61. The summed E-state index contributed by atoms with van der Waals surface area (Å²) in [6.45, 7) is 15.2. The number of alkyl carbamates (subject to hydrolysis) is 1. The molecule has 2 saturated heterocycles. The van der Waals surface area contributed by atoms with Crippen LogP contribution >= 0.6 is 34.8 Å². The highest BCUT2D eigenvalue weighted by molar-refractivity contribution is 6.67. The molecule has 0 spiro atoms. The average Bonchev–Trinajstić information content (AvgIpc) is 3.15. The molecule has 1 amide bonds. The van der Waals surface area contributed by atoms with Crippen LogP contribution in [-0.4, -0.2) is 136 Å². The van der Waals surface area contributed by atoms with Gasteiger partial charge in [-0.3, -0.25) is 0 Å². The summed E-state index contributed by atoms with van der Waals surface area (Å²) in [5.41, 5.74) is 0. The number of carbonyl (C=O) groups is 1. The first-order valence-corrected chi connectivity index (χ1v) is 21.9. The minimum Gasteiger partial charge on any atom is -0.445 e. The number of alkyl halides is 3. The molecule has 0 aromatic rings. The summed E-state index contributed by atoms with van der Waals surface area (Å²) < 4.78 is 61.8. The Balaban J connectivity index is 2.62. The summed E-state index contributed by atoms with van der Waals surface area (Å²) >= 11 is 17.5. The van der Waals surface area contributed by atoms with Gasteiger partial charge in [-0.25, -0.2) is 4.79 Å². The van der Waals surface area contributed by atoms with E-state index in [1.54, 1.807) is 0 Å². The molecule has 10 atom stereocenters. The predicted octanol–water partition coefficient (Wildman–Crippen LogP) is 7.65. The zero-order chi connectivity index (χ0) is 40.5. The van der Waals surface area contributed by atoms with Crippen molar-refractivity contribution in [2.45, 2.75) is 184 Å². The van der Waals surface area contributed by atoms with E-state index in [-0.39, 0.29) is 13.2 Å². The summed E-state index contributed by atoms with van der Waals surface area (Å²) in [7, 11) is 0. The summed E-state index contributed by atoms with van der Waals surface area (Å²) in [5, 5.41) is 14.0. The molecule has 16 heteroatoms. The van der Waals surface area contributed by atoms with E-state index in [1.807, 2.05) is 6.92 Å². The highest BCUT2D eigenvalue weighted by Crippen LogP contribution is 2.35. The second-order valence-electron chi connectivity index (χ2n) is 14.2. The zero-order valence-electron chi connectivity index (χ0n) is 34.2. The largest absolute Gasteiger partial charge is 0.445 e. The van der Waals surface area contributed by atoms with Crippen molar-refractivity contribution in [2.24, 2.45) is 0 Å². The van der Waals surface area contributed by atoms with Gasteiger partial charge in [0.25, 0.3) is 0 Å². The molecule has 326 valence electrons. The van der Waals surface area contributed by atoms with Crippen LogP contribution in [0.4, 0.5) is 4.79 Å². The number of aliphatic hydroxyl groups excluding tert-OH is 1. The summed E-state index contributed by atoms with van der Waals surface area (Å²) in [5.74, 6) is 0. The van der Waals surface area contributed by atoms with Crippen LogP contribution in [0.3, 0.4) is 0 Å². The van der Waals surface area contributed by atoms with Crippen LogP contribution in [0.1, 0.15) is 119 Å². The first-order chi connectivity index (χ1) is 26.5. The Kier molecular flexibility index (Phi) is 27.6. The van der Waals surface area contributed by atoms with Crippen molar-refractivity contribution in [3.8, 4) is 0 Å². The van der Waals surface area contributed by atoms with E-state index < -0.39 is 77.8 Å². The fraction of sp³-hybridized carbons (Fsp3) is 0.974. The van der Waals surface area contributed by atoms with Gasteiger partial charge in [0.1, 0.15) is 55.4 Å². The lowest BCUT2D eigenvalue weighted by molar-refractivity contribution is -0.360. The van der Waals surface area contributed by atoms with Crippen molar-refractivity contribution in [3.05, 3.63) is 0 Å². The lowest BCUT2D eigenvalue weighted by atomic mass is 9.95. The first kappa shape index (κ1) is 50.9. The standard InChI is InChI=1S/C39H72Cl3NO12/c1-7-13-19-46-25-28-31(48-21-15-9-3)34(50-23-17-11-5)35(51-24-18-12-6)37(54-28)55-32-29(26-47-20-14-8-2)53-36(44)30(33(32)49-22-16-10-4)43-38(45)52-27-39(40,41)42/h28-37,44H,7-27H2,1-6H3,(H,43,45)/t28?,29?,30?,31-,32+,33+,34?,35?,36?,37-/m0/s1. The van der Waals surface area contributed by atoms with Crippen LogP contribution in [-0.2, 0) is 47.4 Å². The number of amides is 1. The summed E-state index contributed by atoms with van der Waals surface area (Å²) in [6, 6.07) is -1.14. The number of halogens is 3. The third-order valence-electron chi connectivity index (χ3n) is 9.28. The molecule has 2 fully saturated rings. The Morgan fingerprint density at radius 2 is 1.04 bits per heavy atom. The lowest BCUT2D eigenvalue weighted by Gasteiger charge is -2.50. The number of hydrogen-bond donors (Lipinski definition) is 2. The lowest BCUT2D eigenvalue weighted by Crippen LogP contribution is -2.68. The number of carbonyl (C=O) groups excluding carboxylic acids is 1. The Morgan fingerprint density at radius 3 is 1.53 bits per heavy atom. The van der Waals surface area contributed by atoms with Gasteiger partial charge in [0, 0.05) is 39.6 Å². The van der Waals surface area contributed by atoms with Crippen molar-refractivity contribution in [2.75, 3.05) is 59.5 Å². The molecule has 13 nitrogen and oxygen atoms in total. The minimum atomic E-state index is -1.83. The normalized spacial score (nSPS) is 28.7. The number of rotatable bonds is 30. The van der Waals surface area contributed by atoms with Gasteiger partial charge in [0.15, 0.2) is 12.6 Å². The topological polar surface area (TPSA) is 142 Å². The Labute approximate surface area is 345 Å². The van der Waals surface area contributed by atoms with Gasteiger partial charge in [-0.15, -0.1) is 0 Å². The predicted molar refractivity (Wildman–Crippen MR) is 213 cm³/mol. The van der Waals surface area contributed by atoms with Crippen molar-refractivity contribution >= 4 is 40.9 Å². The van der Waals surface area contributed by atoms with Crippen LogP contribution in [0.5, 0.6) is 0 Å². The monoisotopic (exact) mass is 851 g/mol. The molecule has 0 aromatic carbocycles. The number of aliphatic hydroxyl groups is 1. The second-order valence-corrected chi connectivity index (χ2v) is 16.7. The quantitative estimate of drug-likeness (QED) is 0.0542. The van der Waals surface area contributed by atoms with Crippen LogP contribution in [0.25, 0.3) is 0 Å². The number of unbranched alkanes of at least 4 members (excludes halogenated alkanes) is 6. The second kappa shape index (κ2) is 29.9. The molecule has 2 aliphatic heterocycles. The van der Waals surface area contributed by atoms with Crippen LogP contribution in [0.15, 0.2) is 0 Å². The minimum absolute atomic E-state index is 0.0800. The van der Waals surface area contributed by atoms with Gasteiger partial charge in [-0.1, -0.05) is 115 Å².